The van der Waals surface area contributed by atoms with Crippen molar-refractivity contribution in [1.82, 2.24) is 4.98 Å². The smallest absolute Gasteiger partial charge is 0.119 e. The number of hydrogen-bond acceptors (Lipinski definition) is 2. The summed E-state index contributed by atoms with van der Waals surface area (Å²) in [6, 6.07) is 18.8. The molecule has 0 amide bonds. The zero-order chi connectivity index (χ0) is 15.2. The second-order valence-electron chi connectivity index (χ2n) is 5.68. The van der Waals surface area contributed by atoms with Gasteiger partial charge < -0.3 is 4.74 Å². The van der Waals surface area contributed by atoms with Crippen molar-refractivity contribution >= 4 is 10.8 Å². The average Bonchev–Trinajstić information content (AvgIpc) is 2.59. The van der Waals surface area contributed by atoms with E-state index >= 15 is 0 Å². The van der Waals surface area contributed by atoms with Gasteiger partial charge in [0.25, 0.3) is 0 Å². The van der Waals surface area contributed by atoms with E-state index in [1.165, 1.54) is 16.3 Å². The highest BCUT2D eigenvalue weighted by molar-refractivity contribution is 5.83. The van der Waals surface area contributed by atoms with Gasteiger partial charge in [0.2, 0.25) is 0 Å². The van der Waals surface area contributed by atoms with E-state index in [1.807, 2.05) is 12.4 Å². The minimum absolute atomic E-state index is 0.545. The van der Waals surface area contributed by atoms with E-state index in [2.05, 4.69) is 66.5 Å². The Bertz CT molecular complexity index is 724. The third-order valence-corrected chi connectivity index (χ3v) is 4.05. The van der Waals surface area contributed by atoms with Gasteiger partial charge in [0.05, 0.1) is 6.61 Å². The van der Waals surface area contributed by atoms with E-state index in [-0.39, 0.29) is 0 Å². The van der Waals surface area contributed by atoms with Crippen molar-refractivity contribution in [2.75, 3.05) is 6.61 Å². The molecule has 22 heavy (non-hydrogen) atoms. The highest BCUT2D eigenvalue weighted by atomic mass is 16.5. The second-order valence-corrected chi connectivity index (χ2v) is 5.68. The summed E-state index contributed by atoms with van der Waals surface area (Å²) in [4.78, 5) is 4.06. The molecule has 0 fully saturated rings. The summed E-state index contributed by atoms with van der Waals surface area (Å²) in [7, 11) is 0. The number of fused-ring (bicyclic) bond motifs is 1. The quantitative estimate of drug-likeness (QED) is 0.582. The summed E-state index contributed by atoms with van der Waals surface area (Å²) in [5.41, 5.74) is 1.35. The minimum Gasteiger partial charge on any atom is -0.494 e. The molecule has 3 aromatic rings. The number of pyridine rings is 1. The molecule has 0 bridgehead atoms. The summed E-state index contributed by atoms with van der Waals surface area (Å²) >= 11 is 0. The van der Waals surface area contributed by atoms with Crippen molar-refractivity contribution in [1.29, 1.82) is 0 Å². The molecular weight excluding hydrogens is 270 g/mol. The Morgan fingerprint density at radius 3 is 2.55 bits per heavy atom. The molecule has 0 aliphatic heterocycles. The first kappa shape index (κ1) is 14.6. The summed E-state index contributed by atoms with van der Waals surface area (Å²) < 4.78 is 5.89. The molecule has 0 aliphatic carbocycles. The van der Waals surface area contributed by atoms with E-state index < -0.39 is 0 Å². The number of ether oxygens (including phenoxy) is 1. The van der Waals surface area contributed by atoms with Crippen LogP contribution < -0.4 is 4.74 Å². The lowest BCUT2D eigenvalue weighted by Crippen LogP contribution is -2.01. The van der Waals surface area contributed by atoms with Crippen LogP contribution in [-0.4, -0.2) is 11.6 Å². The molecule has 1 aromatic heterocycles. The number of aromatic nitrogens is 1. The highest BCUT2D eigenvalue weighted by Crippen LogP contribution is 2.22. The van der Waals surface area contributed by atoms with Crippen molar-refractivity contribution < 1.29 is 4.74 Å². The molecule has 1 unspecified atom stereocenters. The van der Waals surface area contributed by atoms with E-state index in [0.717, 1.165) is 25.2 Å². The summed E-state index contributed by atoms with van der Waals surface area (Å²) in [5.74, 6) is 1.50. The Labute approximate surface area is 131 Å². The fourth-order valence-corrected chi connectivity index (χ4v) is 2.70. The third kappa shape index (κ3) is 3.64. The van der Waals surface area contributed by atoms with Crippen LogP contribution in [0, 0.1) is 0 Å². The van der Waals surface area contributed by atoms with Gasteiger partial charge in [0, 0.05) is 12.4 Å². The van der Waals surface area contributed by atoms with Crippen LogP contribution in [0.3, 0.4) is 0 Å². The van der Waals surface area contributed by atoms with Gasteiger partial charge in [0.15, 0.2) is 0 Å². The SMILES string of the molecule is CC(CCCOc1ccc2ccccc2c1)c1ccncc1. The topological polar surface area (TPSA) is 22.1 Å². The number of nitrogens with zero attached hydrogens (tertiary/aromatic N) is 1. The van der Waals surface area contributed by atoms with Gasteiger partial charge in [-0.05, 0) is 59.4 Å². The van der Waals surface area contributed by atoms with Crippen molar-refractivity contribution in [2.24, 2.45) is 0 Å². The van der Waals surface area contributed by atoms with Gasteiger partial charge in [0.1, 0.15) is 5.75 Å². The number of benzene rings is 2. The molecule has 0 N–H and O–H groups in total. The highest BCUT2D eigenvalue weighted by Gasteiger charge is 2.05. The molecular formula is C20H21NO. The van der Waals surface area contributed by atoms with E-state index in [9.17, 15) is 0 Å². The van der Waals surface area contributed by atoms with Crippen LogP contribution in [-0.2, 0) is 0 Å². The molecule has 1 heterocycles. The maximum atomic E-state index is 5.89. The zero-order valence-corrected chi connectivity index (χ0v) is 12.9. The molecule has 0 radical (unpaired) electrons. The van der Waals surface area contributed by atoms with Crippen LogP contribution in [0.15, 0.2) is 67.0 Å². The molecule has 0 saturated carbocycles. The molecule has 0 saturated heterocycles. The first-order valence-electron chi connectivity index (χ1n) is 7.84. The monoisotopic (exact) mass is 291 g/mol. The third-order valence-electron chi connectivity index (χ3n) is 4.05. The van der Waals surface area contributed by atoms with Gasteiger partial charge in [-0.15, -0.1) is 0 Å². The van der Waals surface area contributed by atoms with Crippen LogP contribution in [0.1, 0.15) is 31.2 Å². The maximum absolute atomic E-state index is 5.89. The first-order chi connectivity index (χ1) is 10.8. The molecule has 112 valence electrons. The van der Waals surface area contributed by atoms with Crippen LogP contribution in [0.5, 0.6) is 5.75 Å². The van der Waals surface area contributed by atoms with Gasteiger partial charge in [-0.25, -0.2) is 0 Å². The largest absolute Gasteiger partial charge is 0.494 e. The Morgan fingerprint density at radius 2 is 1.73 bits per heavy atom. The van der Waals surface area contributed by atoms with Gasteiger partial charge in [-0.2, -0.15) is 0 Å². The first-order valence-corrected chi connectivity index (χ1v) is 7.84. The lowest BCUT2D eigenvalue weighted by molar-refractivity contribution is 0.303. The molecule has 2 heteroatoms. The van der Waals surface area contributed by atoms with E-state index in [1.54, 1.807) is 0 Å². The average molecular weight is 291 g/mol. The molecule has 2 nitrogen and oxygen atoms in total. The van der Waals surface area contributed by atoms with Gasteiger partial charge >= 0.3 is 0 Å². The van der Waals surface area contributed by atoms with Crippen molar-refractivity contribution in [3.05, 3.63) is 72.6 Å². The predicted octanol–water partition coefficient (Wildman–Crippen LogP) is 5.20. The summed E-state index contributed by atoms with van der Waals surface area (Å²) in [6.07, 6.45) is 5.89. The maximum Gasteiger partial charge on any atom is 0.119 e. The number of hydrogen-bond donors (Lipinski definition) is 0. The van der Waals surface area contributed by atoms with E-state index in [4.69, 9.17) is 4.74 Å². The minimum atomic E-state index is 0.545. The second kappa shape index (κ2) is 7.08. The molecule has 0 aliphatic rings. The molecule has 2 aromatic carbocycles. The van der Waals surface area contributed by atoms with Crippen LogP contribution in [0.2, 0.25) is 0 Å². The molecule has 3 rings (SSSR count). The molecule has 1 atom stereocenters. The Morgan fingerprint density at radius 1 is 0.955 bits per heavy atom. The number of rotatable bonds is 6. The van der Waals surface area contributed by atoms with Crippen molar-refractivity contribution in [2.45, 2.75) is 25.7 Å². The fraction of sp³-hybridized carbons (Fsp3) is 0.250. The summed E-state index contributed by atoms with van der Waals surface area (Å²) in [6.45, 7) is 3.01. The van der Waals surface area contributed by atoms with Crippen LogP contribution in [0.4, 0.5) is 0 Å². The lowest BCUT2D eigenvalue weighted by atomic mass is 9.98. The Kier molecular flexibility index (Phi) is 4.69. The standard InChI is InChI=1S/C20H21NO/c1-16(17-10-12-21-13-11-17)5-4-14-22-20-9-8-18-6-2-3-7-19(18)15-20/h2-3,6-13,15-16H,4-5,14H2,1H3. The Hall–Kier alpha value is -2.35. The zero-order valence-electron chi connectivity index (χ0n) is 12.9. The van der Waals surface area contributed by atoms with Crippen LogP contribution in [0.25, 0.3) is 10.8 Å². The van der Waals surface area contributed by atoms with Crippen LogP contribution >= 0.6 is 0 Å². The Balaban J connectivity index is 1.50. The lowest BCUT2D eigenvalue weighted by Gasteiger charge is -2.12. The molecule has 0 spiro atoms. The van der Waals surface area contributed by atoms with E-state index in [0.29, 0.717) is 5.92 Å². The normalized spacial score (nSPS) is 12.2. The van der Waals surface area contributed by atoms with Crippen molar-refractivity contribution in [3.8, 4) is 5.75 Å². The summed E-state index contributed by atoms with van der Waals surface area (Å²) in [5, 5.41) is 2.48. The van der Waals surface area contributed by atoms with Gasteiger partial charge in [-0.1, -0.05) is 37.3 Å². The van der Waals surface area contributed by atoms with Crippen molar-refractivity contribution in [3.63, 3.8) is 0 Å². The predicted molar refractivity (Wildman–Crippen MR) is 91.3 cm³/mol. The fourth-order valence-electron chi connectivity index (χ4n) is 2.70. The van der Waals surface area contributed by atoms with Gasteiger partial charge in [-0.3, -0.25) is 4.98 Å².